The summed E-state index contributed by atoms with van der Waals surface area (Å²) in [7, 11) is 0. The molecule has 0 aromatic heterocycles. The van der Waals surface area contributed by atoms with Crippen LogP contribution in [0.15, 0.2) is 0 Å². The van der Waals surface area contributed by atoms with E-state index in [9.17, 15) is 0 Å². The highest BCUT2D eigenvalue weighted by molar-refractivity contribution is 4.95. The summed E-state index contributed by atoms with van der Waals surface area (Å²) in [6.45, 7) is 3.52. The molecule has 0 bridgehead atoms. The van der Waals surface area contributed by atoms with Crippen molar-refractivity contribution in [2.75, 3.05) is 6.54 Å². The Morgan fingerprint density at radius 2 is 1.94 bits per heavy atom. The van der Waals surface area contributed by atoms with Crippen LogP contribution in [0.2, 0.25) is 0 Å². The summed E-state index contributed by atoms with van der Waals surface area (Å²) in [5.74, 6) is 2.02. The summed E-state index contributed by atoms with van der Waals surface area (Å²) in [6.07, 6.45) is 9.05. The van der Waals surface area contributed by atoms with Crippen molar-refractivity contribution >= 4 is 0 Å². The Labute approximate surface area is 99.4 Å². The highest BCUT2D eigenvalue weighted by Crippen LogP contribution is 2.31. The summed E-state index contributed by atoms with van der Waals surface area (Å²) in [4.78, 5) is 0. The van der Waals surface area contributed by atoms with Gasteiger partial charge in [0.05, 0.1) is 12.0 Å². The lowest BCUT2D eigenvalue weighted by molar-refractivity contribution is 0.282. The summed E-state index contributed by atoms with van der Waals surface area (Å²) in [5.41, 5.74) is 0. The van der Waals surface area contributed by atoms with Crippen LogP contribution in [0.5, 0.6) is 0 Å². The maximum absolute atomic E-state index is 9.12. The van der Waals surface area contributed by atoms with Crippen molar-refractivity contribution < 1.29 is 0 Å². The summed E-state index contributed by atoms with van der Waals surface area (Å²) >= 11 is 0. The molecule has 2 nitrogen and oxygen atoms in total. The van der Waals surface area contributed by atoms with Crippen molar-refractivity contribution in [1.29, 1.82) is 5.26 Å². The van der Waals surface area contributed by atoms with Gasteiger partial charge >= 0.3 is 0 Å². The summed E-state index contributed by atoms with van der Waals surface area (Å²) < 4.78 is 0. The van der Waals surface area contributed by atoms with Crippen LogP contribution in [-0.2, 0) is 0 Å². The Bertz CT molecular complexity index is 256. The molecule has 16 heavy (non-hydrogen) atoms. The van der Waals surface area contributed by atoms with Crippen LogP contribution >= 0.6 is 0 Å². The first kappa shape index (κ1) is 11.9. The van der Waals surface area contributed by atoms with Gasteiger partial charge in [-0.25, -0.2) is 0 Å². The van der Waals surface area contributed by atoms with E-state index in [1.807, 2.05) is 0 Å². The standard InChI is InChI=1S/C14H24N2/c1-11-5-4-7-13(11)10-16-14-8-3-2-6-12(14)9-15/h11-14,16H,2-8,10H2,1H3. The van der Waals surface area contributed by atoms with E-state index in [-0.39, 0.29) is 5.92 Å². The van der Waals surface area contributed by atoms with Crippen molar-refractivity contribution in [3.05, 3.63) is 0 Å². The normalized spacial score (nSPS) is 39.5. The van der Waals surface area contributed by atoms with E-state index < -0.39 is 0 Å². The molecule has 4 unspecified atom stereocenters. The molecule has 0 aliphatic heterocycles. The average Bonchev–Trinajstić information content (AvgIpc) is 2.72. The number of nitrogens with zero attached hydrogens (tertiary/aromatic N) is 1. The molecule has 0 aromatic rings. The first-order valence-corrected chi connectivity index (χ1v) is 6.94. The van der Waals surface area contributed by atoms with E-state index >= 15 is 0 Å². The molecule has 4 atom stereocenters. The first-order chi connectivity index (χ1) is 7.81. The number of hydrogen-bond donors (Lipinski definition) is 1. The lowest BCUT2D eigenvalue weighted by Crippen LogP contribution is -2.40. The van der Waals surface area contributed by atoms with Crippen molar-refractivity contribution in [3.63, 3.8) is 0 Å². The largest absolute Gasteiger partial charge is 0.312 e. The van der Waals surface area contributed by atoms with E-state index in [1.165, 1.54) is 38.5 Å². The number of rotatable bonds is 3. The molecule has 0 spiro atoms. The van der Waals surface area contributed by atoms with Gasteiger partial charge in [0, 0.05) is 6.04 Å². The van der Waals surface area contributed by atoms with Gasteiger partial charge in [-0.1, -0.05) is 32.6 Å². The van der Waals surface area contributed by atoms with E-state index in [0.29, 0.717) is 6.04 Å². The molecule has 2 heteroatoms. The molecular formula is C14H24N2. The van der Waals surface area contributed by atoms with Gasteiger partial charge in [-0.15, -0.1) is 0 Å². The third-order valence-electron chi connectivity index (χ3n) is 4.61. The molecular weight excluding hydrogens is 196 g/mol. The fraction of sp³-hybridized carbons (Fsp3) is 0.929. The van der Waals surface area contributed by atoms with Gasteiger partial charge in [0.2, 0.25) is 0 Å². The van der Waals surface area contributed by atoms with Gasteiger partial charge in [-0.05, 0) is 37.6 Å². The molecule has 2 fully saturated rings. The number of nitriles is 1. The van der Waals surface area contributed by atoms with E-state index in [0.717, 1.165) is 24.8 Å². The van der Waals surface area contributed by atoms with Gasteiger partial charge in [0.25, 0.3) is 0 Å². The maximum atomic E-state index is 9.12. The van der Waals surface area contributed by atoms with Gasteiger partial charge in [-0.2, -0.15) is 5.26 Å². The van der Waals surface area contributed by atoms with Crippen LogP contribution in [0.3, 0.4) is 0 Å². The van der Waals surface area contributed by atoms with E-state index in [2.05, 4.69) is 18.3 Å². The molecule has 2 aliphatic carbocycles. The van der Waals surface area contributed by atoms with Crippen LogP contribution in [0.4, 0.5) is 0 Å². The predicted octanol–water partition coefficient (Wildman–Crippen LogP) is 3.09. The summed E-state index contributed by atoms with van der Waals surface area (Å²) in [6, 6.07) is 2.96. The molecule has 0 saturated heterocycles. The zero-order chi connectivity index (χ0) is 11.4. The van der Waals surface area contributed by atoms with Crippen LogP contribution < -0.4 is 5.32 Å². The van der Waals surface area contributed by atoms with Gasteiger partial charge in [0.1, 0.15) is 0 Å². The SMILES string of the molecule is CC1CCCC1CNC1CCCCC1C#N. The minimum atomic E-state index is 0.269. The van der Waals surface area contributed by atoms with Crippen LogP contribution in [0.1, 0.15) is 51.9 Å². The van der Waals surface area contributed by atoms with Crippen molar-refractivity contribution in [1.82, 2.24) is 5.32 Å². The topological polar surface area (TPSA) is 35.8 Å². The van der Waals surface area contributed by atoms with E-state index in [1.54, 1.807) is 0 Å². The van der Waals surface area contributed by atoms with Crippen LogP contribution in [0, 0.1) is 29.1 Å². The lowest BCUT2D eigenvalue weighted by atomic mass is 9.85. The predicted molar refractivity (Wildman–Crippen MR) is 65.9 cm³/mol. The molecule has 2 saturated carbocycles. The van der Waals surface area contributed by atoms with Crippen molar-refractivity contribution in [3.8, 4) is 6.07 Å². The number of nitrogens with one attached hydrogen (secondary N) is 1. The zero-order valence-electron chi connectivity index (χ0n) is 10.4. The van der Waals surface area contributed by atoms with Crippen molar-refractivity contribution in [2.24, 2.45) is 17.8 Å². The second-order valence-corrected chi connectivity index (χ2v) is 5.70. The lowest BCUT2D eigenvalue weighted by Gasteiger charge is -2.29. The quantitative estimate of drug-likeness (QED) is 0.793. The molecule has 0 amide bonds. The monoisotopic (exact) mass is 220 g/mol. The van der Waals surface area contributed by atoms with E-state index in [4.69, 9.17) is 5.26 Å². The molecule has 1 N–H and O–H groups in total. The molecule has 90 valence electrons. The highest BCUT2D eigenvalue weighted by Gasteiger charge is 2.27. The second-order valence-electron chi connectivity index (χ2n) is 5.70. The fourth-order valence-electron chi connectivity index (χ4n) is 3.36. The Balaban J connectivity index is 1.77. The Morgan fingerprint density at radius 1 is 1.12 bits per heavy atom. The van der Waals surface area contributed by atoms with Crippen molar-refractivity contribution in [2.45, 2.75) is 57.9 Å². The minimum Gasteiger partial charge on any atom is -0.312 e. The Kier molecular flexibility index (Phi) is 4.23. The van der Waals surface area contributed by atoms with Gasteiger partial charge in [-0.3, -0.25) is 0 Å². The third-order valence-corrected chi connectivity index (χ3v) is 4.61. The third kappa shape index (κ3) is 2.77. The second kappa shape index (κ2) is 5.68. The Morgan fingerprint density at radius 3 is 2.62 bits per heavy atom. The average molecular weight is 220 g/mol. The molecule has 2 aliphatic rings. The van der Waals surface area contributed by atoms with Crippen LogP contribution in [0.25, 0.3) is 0 Å². The Hall–Kier alpha value is -0.550. The minimum absolute atomic E-state index is 0.269. The first-order valence-electron chi connectivity index (χ1n) is 6.94. The molecule has 2 rings (SSSR count). The summed E-state index contributed by atoms with van der Waals surface area (Å²) in [5, 5.41) is 12.8. The fourth-order valence-corrected chi connectivity index (χ4v) is 3.36. The number of hydrogen-bond acceptors (Lipinski definition) is 2. The highest BCUT2D eigenvalue weighted by atomic mass is 14.9. The zero-order valence-corrected chi connectivity index (χ0v) is 10.4. The molecule has 0 radical (unpaired) electrons. The smallest absolute Gasteiger partial charge is 0.0672 e. The van der Waals surface area contributed by atoms with Crippen LogP contribution in [-0.4, -0.2) is 12.6 Å². The molecule has 0 heterocycles. The van der Waals surface area contributed by atoms with Gasteiger partial charge < -0.3 is 5.32 Å². The molecule has 0 aromatic carbocycles. The maximum Gasteiger partial charge on any atom is 0.0672 e. The van der Waals surface area contributed by atoms with Gasteiger partial charge in [0.15, 0.2) is 0 Å².